The zero-order valence-corrected chi connectivity index (χ0v) is 11.7. The molecule has 0 spiro atoms. The molecule has 0 saturated heterocycles. The lowest BCUT2D eigenvalue weighted by Gasteiger charge is -2.07. The first kappa shape index (κ1) is 13.9. The van der Waals surface area contributed by atoms with Crippen LogP contribution < -0.4 is 15.8 Å². The van der Waals surface area contributed by atoms with Gasteiger partial charge in [0.05, 0.1) is 7.11 Å². The van der Waals surface area contributed by atoms with Crippen LogP contribution in [0.4, 0.5) is 5.69 Å². The van der Waals surface area contributed by atoms with Crippen molar-refractivity contribution in [3.05, 3.63) is 42.5 Å². The Hall–Kier alpha value is -2.50. The van der Waals surface area contributed by atoms with Crippen molar-refractivity contribution >= 4 is 11.6 Å². The van der Waals surface area contributed by atoms with E-state index in [4.69, 9.17) is 10.5 Å². The zero-order chi connectivity index (χ0) is 14.4. The monoisotopic (exact) mass is 273 g/mol. The van der Waals surface area contributed by atoms with Crippen molar-refractivity contribution < 1.29 is 4.74 Å². The van der Waals surface area contributed by atoms with E-state index in [1.165, 1.54) is 0 Å². The standard InChI is InChI=1S/C14H19N5O/c1-3-19-9-8-16-13(19)10-17-14(15)18-11-4-6-12(20-2)7-5-11/h4-9H,3,10H2,1-2H3,(H3,15,17,18). The summed E-state index contributed by atoms with van der Waals surface area (Å²) in [6, 6.07) is 7.49. The molecule has 106 valence electrons. The van der Waals surface area contributed by atoms with Crippen LogP contribution in [0, 0.1) is 0 Å². The van der Waals surface area contributed by atoms with Crippen molar-refractivity contribution in [1.82, 2.24) is 9.55 Å². The number of benzene rings is 1. The summed E-state index contributed by atoms with van der Waals surface area (Å²) in [4.78, 5) is 8.53. The molecule has 2 aromatic rings. The number of nitrogens with one attached hydrogen (secondary N) is 1. The first-order valence-electron chi connectivity index (χ1n) is 6.44. The maximum absolute atomic E-state index is 5.85. The Morgan fingerprint density at radius 1 is 1.40 bits per heavy atom. The van der Waals surface area contributed by atoms with E-state index in [0.717, 1.165) is 23.8 Å². The molecule has 0 radical (unpaired) electrons. The zero-order valence-electron chi connectivity index (χ0n) is 11.7. The Labute approximate surface area is 118 Å². The van der Waals surface area contributed by atoms with Crippen LogP contribution in [0.15, 0.2) is 41.7 Å². The number of guanidine groups is 1. The number of aromatic nitrogens is 2. The van der Waals surface area contributed by atoms with Gasteiger partial charge in [-0.25, -0.2) is 9.98 Å². The van der Waals surface area contributed by atoms with E-state index >= 15 is 0 Å². The van der Waals surface area contributed by atoms with Gasteiger partial charge in [0.2, 0.25) is 0 Å². The average molecular weight is 273 g/mol. The summed E-state index contributed by atoms with van der Waals surface area (Å²) in [5.41, 5.74) is 6.72. The summed E-state index contributed by atoms with van der Waals surface area (Å²) in [7, 11) is 1.63. The summed E-state index contributed by atoms with van der Waals surface area (Å²) in [5, 5.41) is 3.03. The molecule has 0 aliphatic heterocycles. The fourth-order valence-corrected chi connectivity index (χ4v) is 1.80. The molecule has 0 aliphatic carbocycles. The van der Waals surface area contributed by atoms with Gasteiger partial charge in [-0.3, -0.25) is 0 Å². The second kappa shape index (κ2) is 6.60. The van der Waals surface area contributed by atoms with Crippen LogP contribution in [0.5, 0.6) is 5.75 Å². The number of nitrogens with two attached hydrogens (primary N) is 1. The number of hydrogen-bond acceptors (Lipinski definition) is 3. The van der Waals surface area contributed by atoms with Gasteiger partial charge in [-0.05, 0) is 31.2 Å². The largest absolute Gasteiger partial charge is 0.497 e. The van der Waals surface area contributed by atoms with E-state index in [1.54, 1.807) is 13.3 Å². The van der Waals surface area contributed by atoms with Gasteiger partial charge in [0.1, 0.15) is 18.1 Å². The molecule has 0 fully saturated rings. The van der Waals surface area contributed by atoms with E-state index in [9.17, 15) is 0 Å². The Morgan fingerprint density at radius 2 is 2.15 bits per heavy atom. The molecule has 0 saturated carbocycles. The third-order valence-corrected chi connectivity index (χ3v) is 2.90. The fourth-order valence-electron chi connectivity index (χ4n) is 1.80. The molecule has 1 aromatic carbocycles. The highest BCUT2D eigenvalue weighted by Crippen LogP contribution is 2.14. The number of hydrogen-bond donors (Lipinski definition) is 2. The predicted molar refractivity (Wildman–Crippen MR) is 79.8 cm³/mol. The number of ether oxygens (including phenoxy) is 1. The number of rotatable bonds is 5. The van der Waals surface area contributed by atoms with E-state index in [-0.39, 0.29) is 0 Å². The summed E-state index contributed by atoms with van der Waals surface area (Å²) >= 11 is 0. The minimum absolute atomic E-state index is 0.362. The van der Waals surface area contributed by atoms with Gasteiger partial charge in [0, 0.05) is 24.6 Å². The van der Waals surface area contributed by atoms with Crippen molar-refractivity contribution in [3.8, 4) is 5.75 Å². The summed E-state index contributed by atoms with van der Waals surface area (Å²) in [6.07, 6.45) is 3.69. The molecular weight excluding hydrogens is 254 g/mol. The molecule has 0 unspecified atom stereocenters. The SMILES string of the molecule is CCn1ccnc1CN=C(N)Nc1ccc(OC)cc1. The van der Waals surface area contributed by atoms with Gasteiger partial charge < -0.3 is 20.4 Å². The van der Waals surface area contributed by atoms with Crippen LogP contribution >= 0.6 is 0 Å². The smallest absolute Gasteiger partial charge is 0.193 e. The Bertz CT molecular complexity index is 574. The normalized spacial score (nSPS) is 11.4. The maximum Gasteiger partial charge on any atom is 0.193 e. The van der Waals surface area contributed by atoms with Gasteiger partial charge in [0.15, 0.2) is 5.96 Å². The lowest BCUT2D eigenvalue weighted by atomic mass is 10.3. The van der Waals surface area contributed by atoms with Gasteiger partial charge in [-0.15, -0.1) is 0 Å². The lowest BCUT2D eigenvalue weighted by molar-refractivity contribution is 0.415. The van der Waals surface area contributed by atoms with Crippen LogP contribution in [-0.4, -0.2) is 22.6 Å². The molecule has 1 heterocycles. The van der Waals surface area contributed by atoms with Gasteiger partial charge in [0.25, 0.3) is 0 Å². The van der Waals surface area contributed by atoms with Gasteiger partial charge in [-0.2, -0.15) is 0 Å². The third-order valence-electron chi connectivity index (χ3n) is 2.90. The van der Waals surface area contributed by atoms with E-state index in [0.29, 0.717) is 12.5 Å². The first-order chi connectivity index (χ1) is 9.72. The fraction of sp³-hybridized carbons (Fsp3) is 0.286. The topological polar surface area (TPSA) is 77.5 Å². The molecule has 6 nitrogen and oxygen atoms in total. The second-order valence-electron chi connectivity index (χ2n) is 4.18. The van der Waals surface area contributed by atoms with Crippen LogP contribution in [0.3, 0.4) is 0 Å². The minimum Gasteiger partial charge on any atom is -0.497 e. The van der Waals surface area contributed by atoms with E-state index < -0.39 is 0 Å². The highest BCUT2D eigenvalue weighted by molar-refractivity contribution is 5.92. The molecule has 20 heavy (non-hydrogen) atoms. The number of aliphatic imine (C=N–C) groups is 1. The molecule has 3 N–H and O–H groups in total. The van der Waals surface area contributed by atoms with Crippen molar-refractivity contribution in [1.29, 1.82) is 0 Å². The third kappa shape index (κ3) is 3.50. The Morgan fingerprint density at radius 3 is 2.80 bits per heavy atom. The Balaban J connectivity index is 1.96. The number of anilines is 1. The predicted octanol–water partition coefficient (Wildman–Crippen LogP) is 1.84. The average Bonchev–Trinajstić information content (AvgIpc) is 2.93. The quantitative estimate of drug-likeness (QED) is 0.643. The highest BCUT2D eigenvalue weighted by atomic mass is 16.5. The van der Waals surface area contributed by atoms with Crippen LogP contribution in [0.2, 0.25) is 0 Å². The Kier molecular flexibility index (Phi) is 4.60. The van der Waals surface area contributed by atoms with Crippen molar-refractivity contribution in [2.24, 2.45) is 10.7 Å². The molecular formula is C14H19N5O. The number of nitrogens with zero attached hydrogens (tertiary/aromatic N) is 3. The van der Waals surface area contributed by atoms with Gasteiger partial charge >= 0.3 is 0 Å². The molecule has 0 aliphatic rings. The lowest BCUT2D eigenvalue weighted by Crippen LogP contribution is -2.22. The summed E-state index contributed by atoms with van der Waals surface area (Å²) < 4.78 is 7.13. The number of methoxy groups -OCH3 is 1. The van der Waals surface area contributed by atoms with Crippen LogP contribution in [0.1, 0.15) is 12.7 Å². The molecule has 0 bridgehead atoms. The van der Waals surface area contributed by atoms with Crippen LogP contribution in [-0.2, 0) is 13.1 Å². The van der Waals surface area contributed by atoms with Crippen molar-refractivity contribution in [2.45, 2.75) is 20.0 Å². The molecule has 0 atom stereocenters. The van der Waals surface area contributed by atoms with E-state index in [1.807, 2.05) is 35.0 Å². The van der Waals surface area contributed by atoms with E-state index in [2.05, 4.69) is 22.2 Å². The van der Waals surface area contributed by atoms with Crippen molar-refractivity contribution in [3.63, 3.8) is 0 Å². The number of imidazole rings is 1. The number of aryl methyl sites for hydroxylation is 1. The molecule has 0 amide bonds. The minimum atomic E-state index is 0.362. The maximum atomic E-state index is 5.85. The van der Waals surface area contributed by atoms with Crippen molar-refractivity contribution in [2.75, 3.05) is 12.4 Å². The molecule has 1 aromatic heterocycles. The first-order valence-corrected chi connectivity index (χ1v) is 6.44. The summed E-state index contributed by atoms with van der Waals surface area (Å²) in [5.74, 6) is 2.06. The molecule has 6 heteroatoms. The van der Waals surface area contributed by atoms with Crippen LogP contribution in [0.25, 0.3) is 0 Å². The highest BCUT2D eigenvalue weighted by Gasteiger charge is 2.01. The summed E-state index contributed by atoms with van der Waals surface area (Å²) in [6.45, 7) is 3.39. The van der Waals surface area contributed by atoms with Gasteiger partial charge in [-0.1, -0.05) is 0 Å². The molecule has 2 rings (SSSR count). The second-order valence-corrected chi connectivity index (χ2v) is 4.18.